The van der Waals surface area contributed by atoms with Gasteiger partial charge in [-0.25, -0.2) is 4.79 Å². The molecule has 0 spiro atoms. The van der Waals surface area contributed by atoms with Crippen molar-refractivity contribution < 1.29 is 45.0 Å². The minimum absolute atomic E-state index is 0.0802. The lowest BCUT2D eigenvalue weighted by Gasteiger charge is -2.13. The van der Waals surface area contributed by atoms with E-state index in [2.05, 4.69) is 0 Å². The molecule has 1 heterocycles. The first-order valence-electron chi connectivity index (χ1n) is 8.98. The minimum Gasteiger partial charge on any atom is -0.487 e. The number of benzene rings is 1. The van der Waals surface area contributed by atoms with E-state index in [1.807, 2.05) is 13.8 Å². The highest BCUT2D eigenvalue weighted by Gasteiger charge is 2.37. The maximum Gasteiger partial charge on any atom is 0.416 e. The molecule has 0 saturated heterocycles. The molecule has 1 aromatic heterocycles. The SMILES string of the molecule is CC(C)CCOc1coc(COC(=O)c2cc(C(F)(F)F)cc(C(F)(F)F)c2)cc1=O. The predicted molar refractivity (Wildman–Crippen MR) is 95.5 cm³/mol. The van der Waals surface area contributed by atoms with Gasteiger partial charge in [0.2, 0.25) is 11.2 Å². The molecule has 0 aliphatic carbocycles. The van der Waals surface area contributed by atoms with Gasteiger partial charge in [-0.15, -0.1) is 0 Å². The van der Waals surface area contributed by atoms with Crippen molar-refractivity contribution in [3.05, 3.63) is 63.2 Å². The molecule has 0 aliphatic heterocycles. The molecule has 11 heteroatoms. The highest BCUT2D eigenvalue weighted by atomic mass is 19.4. The van der Waals surface area contributed by atoms with Crippen LogP contribution >= 0.6 is 0 Å². The maximum atomic E-state index is 12.9. The molecule has 2 aromatic rings. The Labute approximate surface area is 172 Å². The molecule has 0 aliphatic rings. The first-order chi connectivity index (χ1) is 14.3. The number of carbonyl (C=O) groups excluding carboxylic acids is 1. The third-order valence-electron chi connectivity index (χ3n) is 3.97. The summed E-state index contributed by atoms with van der Waals surface area (Å²) >= 11 is 0. The number of hydrogen-bond donors (Lipinski definition) is 0. The van der Waals surface area contributed by atoms with E-state index in [0.717, 1.165) is 12.3 Å². The third kappa shape index (κ3) is 7.04. The van der Waals surface area contributed by atoms with E-state index in [9.17, 15) is 35.9 Å². The van der Waals surface area contributed by atoms with Crippen molar-refractivity contribution in [1.82, 2.24) is 0 Å². The molecule has 0 unspecified atom stereocenters. The summed E-state index contributed by atoms with van der Waals surface area (Å²) < 4.78 is 92.4. The number of hydrogen-bond acceptors (Lipinski definition) is 5. The van der Waals surface area contributed by atoms with Crippen LogP contribution in [0.4, 0.5) is 26.3 Å². The lowest BCUT2D eigenvalue weighted by atomic mass is 10.0. The molecule has 5 nitrogen and oxygen atoms in total. The first-order valence-corrected chi connectivity index (χ1v) is 8.98. The number of halogens is 6. The zero-order valence-electron chi connectivity index (χ0n) is 16.4. The number of rotatable bonds is 7. The number of esters is 1. The van der Waals surface area contributed by atoms with Crippen LogP contribution in [-0.4, -0.2) is 12.6 Å². The van der Waals surface area contributed by atoms with Crippen molar-refractivity contribution in [2.24, 2.45) is 5.92 Å². The predicted octanol–water partition coefficient (Wildman–Crippen LogP) is 5.46. The molecule has 2 rings (SSSR count). The van der Waals surface area contributed by atoms with Gasteiger partial charge in [0.15, 0.2) is 0 Å². The largest absolute Gasteiger partial charge is 0.487 e. The molecule has 0 saturated carbocycles. The van der Waals surface area contributed by atoms with Gasteiger partial charge in [-0.1, -0.05) is 13.8 Å². The summed E-state index contributed by atoms with van der Waals surface area (Å²) in [5.41, 5.74) is -4.83. The summed E-state index contributed by atoms with van der Waals surface area (Å²) in [6.45, 7) is 3.52. The van der Waals surface area contributed by atoms with Crippen LogP contribution in [0.3, 0.4) is 0 Å². The van der Waals surface area contributed by atoms with Crippen molar-refractivity contribution in [3.8, 4) is 5.75 Å². The molecular formula is C20H18F6O5. The summed E-state index contributed by atoms with van der Waals surface area (Å²) in [5.74, 6) is -1.35. The molecular weight excluding hydrogens is 434 g/mol. The van der Waals surface area contributed by atoms with Crippen molar-refractivity contribution >= 4 is 5.97 Å². The Hall–Kier alpha value is -2.98. The Bertz CT molecular complexity index is 943. The van der Waals surface area contributed by atoms with E-state index >= 15 is 0 Å². The zero-order valence-corrected chi connectivity index (χ0v) is 16.4. The maximum absolute atomic E-state index is 12.9. The summed E-state index contributed by atoms with van der Waals surface area (Å²) in [6, 6.07) is 1.35. The lowest BCUT2D eigenvalue weighted by molar-refractivity contribution is -0.143. The molecule has 0 radical (unpaired) electrons. The van der Waals surface area contributed by atoms with Crippen molar-refractivity contribution in [2.75, 3.05) is 6.61 Å². The molecule has 170 valence electrons. The van der Waals surface area contributed by atoms with Gasteiger partial charge in [0.25, 0.3) is 0 Å². The van der Waals surface area contributed by atoms with E-state index < -0.39 is 47.0 Å². The Morgan fingerprint density at radius 1 is 1.00 bits per heavy atom. The van der Waals surface area contributed by atoms with E-state index in [1.54, 1.807) is 0 Å². The van der Waals surface area contributed by atoms with Gasteiger partial charge in [0.05, 0.1) is 23.3 Å². The summed E-state index contributed by atoms with van der Waals surface area (Å²) in [6.07, 6.45) is -8.53. The van der Waals surface area contributed by atoms with E-state index in [0.29, 0.717) is 12.3 Å². The fraction of sp³-hybridized carbons (Fsp3) is 0.400. The fourth-order valence-electron chi connectivity index (χ4n) is 2.32. The number of ether oxygens (including phenoxy) is 2. The average Bonchev–Trinajstić information content (AvgIpc) is 2.65. The molecule has 0 fully saturated rings. The Morgan fingerprint density at radius 3 is 2.06 bits per heavy atom. The second-order valence-corrected chi connectivity index (χ2v) is 6.98. The molecule has 0 N–H and O–H groups in total. The molecule has 0 amide bonds. The van der Waals surface area contributed by atoms with E-state index in [4.69, 9.17) is 13.9 Å². The van der Waals surface area contributed by atoms with Gasteiger partial charge in [0.1, 0.15) is 18.6 Å². The van der Waals surface area contributed by atoms with Crippen LogP contribution in [0, 0.1) is 5.92 Å². The fourth-order valence-corrected chi connectivity index (χ4v) is 2.32. The van der Waals surface area contributed by atoms with Crippen molar-refractivity contribution in [2.45, 2.75) is 39.2 Å². The monoisotopic (exact) mass is 452 g/mol. The van der Waals surface area contributed by atoms with Gasteiger partial charge < -0.3 is 13.9 Å². The topological polar surface area (TPSA) is 65.7 Å². The van der Waals surface area contributed by atoms with Crippen LogP contribution in [0.5, 0.6) is 5.75 Å². The zero-order chi connectivity index (χ0) is 23.4. The lowest BCUT2D eigenvalue weighted by Crippen LogP contribution is -2.15. The van der Waals surface area contributed by atoms with Crippen LogP contribution in [0.2, 0.25) is 0 Å². The average molecular weight is 452 g/mol. The Balaban J connectivity index is 2.13. The second kappa shape index (κ2) is 9.44. The van der Waals surface area contributed by atoms with Gasteiger partial charge >= 0.3 is 18.3 Å². The van der Waals surface area contributed by atoms with Gasteiger partial charge in [-0.05, 0) is 30.5 Å². The highest BCUT2D eigenvalue weighted by Crippen LogP contribution is 2.36. The van der Waals surface area contributed by atoms with Crippen LogP contribution in [0.15, 0.2) is 39.7 Å². The van der Waals surface area contributed by atoms with Gasteiger partial charge in [-0.2, -0.15) is 26.3 Å². The highest BCUT2D eigenvalue weighted by molar-refractivity contribution is 5.90. The molecule has 1 aromatic carbocycles. The molecule has 0 atom stereocenters. The van der Waals surface area contributed by atoms with Gasteiger partial charge in [-0.3, -0.25) is 4.79 Å². The molecule has 0 bridgehead atoms. The normalized spacial score (nSPS) is 12.2. The Morgan fingerprint density at radius 2 is 1.58 bits per heavy atom. The Kier molecular flexibility index (Phi) is 7.40. The molecule has 31 heavy (non-hydrogen) atoms. The quantitative estimate of drug-likeness (QED) is 0.412. The smallest absolute Gasteiger partial charge is 0.416 e. The van der Waals surface area contributed by atoms with E-state index in [-0.39, 0.29) is 36.3 Å². The van der Waals surface area contributed by atoms with Crippen LogP contribution < -0.4 is 10.2 Å². The summed E-state index contributed by atoms with van der Waals surface area (Å²) in [7, 11) is 0. The van der Waals surface area contributed by atoms with E-state index in [1.165, 1.54) is 0 Å². The van der Waals surface area contributed by atoms with Crippen molar-refractivity contribution in [1.29, 1.82) is 0 Å². The second-order valence-electron chi connectivity index (χ2n) is 6.98. The number of carbonyl (C=O) groups is 1. The van der Waals surface area contributed by atoms with Crippen LogP contribution in [0.1, 0.15) is 47.5 Å². The first kappa shape index (κ1) is 24.3. The third-order valence-corrected chi connectivity index (χ3v) is 3.97. The van der Waals surface area contributed by atoms with Gasteiger partial charge in [0, 0.05) is 6.07 Å². The van der Waals surface area contributed by atoms with Crippen LogP contribution in [-0.2, 0) is 23.7 Å². The van der Waals surface area contributed by atoms with Crippen LogP contribution in [0.25, 0.3) is 0 Å². The van der Waals surface area contributed by atoms with Crippen molar-refractivity contribution in [3.63, 3.8) is 0 Å². The summed E-state index contributed by atoms with van der Waals surface area (Å²) in [5, 5.41) is 0. The summed E-state index contributed by atoms with van der Waals surface area (Å²) in [4.78, 5) is 24.0. The number of alkyl halides is 6. The minimum atomic E-state index is -5.10. The standard InChI is InChI=1S/C20H18F6O5/c1-11(2)3-4-29-17-10-30-15(8-16(17)27)9-31-18(28)12-5-13(19(21,22)23)7-14(6-12)20(24,25)26/h5-8,10-11H,3-4,9H2,1-2H3.